The van der Waals surface area contributed by atoms with Gasteiger partial charge in [-0.3, -0.25) is 0 Å². The Morgan fingerprint density at radius 3 is 2.46 bits per heavy atom. The number of hydrogen-bond acceptors (Lipinski definition) is 4. The van der Waals surface area contributed by atoms with Crippen LogP contribution in [0.2, 0.25) is 0 Å². The zero-order valence-electron chi connectivity index (χ0n) is 15.7. The maximum absolute atomic E-state index is 12.2. The molecule has 2 amide bonds. The smallest absolute Gasteiger partial charge is 0.326 e. The predicted molar refractivity (Wildman–Crippen MR) is 105 cm³/mol. The van der Waals surface area contributed by atoms with Crippen LogP contribution in [0.15, 0.2) is 48.5 Å². The van der Waals surface area contributed by atoms with E-state index in [1.165, 1.54) is 0 Å². The lowest BCUT2D eigenvalue weighted by molar-refractivity contribution is -0.141. The van der Waals surface area contributed by atoms with Crippen LogP contribution in [0.4, 0.5) is 10.5 Å². The second kappa shape index (κ2) is 9.23. The summed E-state index contributed by atoms with van der Waals surface area (Å²) in [6.45, 7) is 3.02. The summed E-state index contributed by atoms with van der Waals surface area (Å²) >= 11 is 0. The first-order chi connectivity index (χ1) is 13.5. The Balaban J connectivity index is 1.56. The van der Waals surface area contributed by atoms with Crippen molar-refractivity contribution in [3.8, 4) is 11.5 Å². The van der Waals surface area contributed by atoms with Crippen molar-refractivity contribution in [2.75, 3.05) is 18.5 Å². The zero-order valence-corrected chi connectivity index (χ0v) is 15.7. The summed E-state index contributed by atoms with van der Waals surface area (Å²) in [6.07, 6.45) is 1.23. The van der Waals surface area contributed by atoms with Crippen LogP contribution in [-0.2, 0) is 9.53 Å². The summed E-state index contributed by atoms with van der Waals surface area (Å²) < 4.78 is 11.0. The molecule has 1 unspecified atom stereocenters. The number of carbonyl (C=O) groups is 2. The van der Waals surface area contributed by atoms with Crippen LogP contribution in [0.25, 0.3) is 0 Å². The number of benzene rings is 2. The summed E-state index contributed by atoms with van der Waals surface area (Å²) in [5.41, 5.74) is 1.65. The van der Waals surface area contributed by atoms with Crippen molar-refractivity contribution in [2.24, 2.45) is 5.92 Å². The quantitative estimate of drug-likeness (QED) is 0.704. The van der Waals surface area contributed by atoms with Crippen LogP contribution in [0.5, 0.6) is 11.5 Å². The summed E-state index contributed by atoms with van der Waals surface area (Å²) in [5.74, 6) is 0.201. The number of anilines is 1. The molecule has 0 aliphatic carbocycles. The second-order valence-electron chi connectivity index (χ2n) is 6.81. The van der Waals surface area contributed by atoms with E-state index in [4.69, 9.17) is 9.47 Å². The second-order valence-corrected chi connectivity index (χ2v) is 6.81. The average molecular weight is 384 g/mol. The number of carboxylic acids is 1. The van der Waals surface area contributed by atoms with Gasteiger partial charge in [0.25, 0.3) is 0 Å². The average Bonchev–Trinajstić information content (AvgIpc) is 2.68. The number of carbonyl (C=O) groups excluding carboxylic acids is 1. The Labute approximate surface area is 163 Å². The first kappa shape index (κ1) is 19.7. The van der Waals surface area contributed by atoms with E-state index < -0.39 is 18.0 Å². The van der Waals surface area contributed by atoms with Gasteiger partial charge in [-0.2, -0.15) is 0 Å². The van der Waals surface area contributed by atoms with E-state index in [9.17, 15) is 14.7 Å². The van der Waals surface area contributed by atoms with Crippen molar-refractivity contribution < 1.29 is 24.2 Å². The van der Waals surface area contributed by atoms with Gasteiger partial charge in [0.05, 0.1) is 0 Å². The first-order valence-electron chi connectivity index (χ1n) is 9.24. The molecule has 1 aliphatic heterocycles. The van der Waals surface area contributed by atoms with Gasteiger partial charge in [0.1, 0.15) is 17.5 Å². The van der Waals surface area contributed by atoms with Crippen LogP contribution in [0.3, 0.4) is 0 Å². The predicted octanol–water partition coefficient (Wildman–Crippen LogP) is 3.79. The van der Waals surface area contributed by atoms with Gasteiger partial charge in [0.2, 0.25) is 0 Å². The summed E-state index contributed by atoms with van der Waals surface area (Å²) in [5, 5.41) is 14.7. The van der Waals surface area contributed by atoms with Gasteiger partial charge in [-0.05, 0) is 67.6 Å². The zero-order chi connectivity index (χ0) is 19.9. The van der Waals surface area contributed by atoms with Gasteiger partial charge in [0, 0.05) is 18.9 Å². The summed E-state index contributed by atoms with van der Waals surface area (Å²) in [4.78, 5) is 23.8. The van der Waals surface area contributed by atoms with Crippen LogP contribution in [-0.4, -0.2) is 36.4 Å². The lowest BCUT2D eigenvalue weighted by Gasteiger charge is -2.28. The number of nitrogens with one attached hydrogen (secondary N) is 2. The Morgan fingerprint density at radius 2 is 1.82 bits per heavy atom. The third-order valence-corrected chi connectivity index (χ3v) is 4.63. The lowest BCUT2D eigenvalue weighted by atomic mass is 9.92. The maximum Gasteiger partial charge on any atom is 0.326 e. The molecule has 0 bridgehead atoms. The number of urea groups is 1. The van der Waals surface area contributed by atoms with E-state index in [1.54, 1.807) is 24.3 Å². The molecular weight excluding hydrogens is 360 g/mol. The highest BCUT2D eigenvalue weighted by Crippen LogP contribution is 2.24. The molecule has 0 radical (unpaired) electrons. The number of amides is 2. The van der Waals surface area contributed by atoms with E-state index >= 15 is 0 Å². The highest BCUT2D eigenvalue weighted by molar-refractivity contribution is 5.92. The fourth-order valence-corrected chi connectivity index (χ4v) is 3.16. The molecule has 2 aromatic carbocycles. The number of carboxylic acid groups (broad SMARTS) is 1. The molecule has 1 saturated heterocycles. The van der Waals surface area contributed by atoms with Gasteiger partial charge in [-0.1, -0.05) is 12.1 Å². The Bertz CT molecular complexity index is 816. The molecule has 3 N–H and O–H groups in total. The number of ether oxygens (including phenoxy) is 2. The molecular formula is C21H24N2O5. The maximum atomic E-state index is 12.2. The Hall–Kier alpha value is -3.06. The molecule has 7 heteroatoms. The molecule has 0 spiro atoms. The van der Waals surface area contributed by atoms with E-state index in [1.807, 2.05) is 31.2 Å². The van der Waals surface area contributed by atoms with Crippen molar-refractivity contribution in [2.45, 2.75) is 25.8 Å². The van der Waals surface area contributed by atoms with Crippen molar-refractivity contribution in [3.63, 3.8) is 0 Å². The van der Waals surface area contributed by atoms with Gasteiger partial charge in [0.15, 0.2) is 0 Å². The molecule has 1 atom stereocenters. The largest absolute Gasteiger partial charge is 0.480 e. The molecule has 3 rings (SSSR count). The monoisotopic (exact) mass is 384 g/mol. The summed E-state index contributed by atoms with van der Waals surface area (Å²) in [7, 11) is 0. The minimum Gasteiger partial charge on any atom is -0.480 e. The molecule has 7 nitrogen and oxygen atoms in total. The number of aryl methyl sites for hydroxylation is 1. The molecule has 1 fully saturated rings. The van der Waals surface area contributed by atoms with E-state index in [0.717, 1.165) is 11.3 Å². The minimum absolute atomic E-state index is 0.137. The molecule has 2 aromatic rings. The van der Waals surface area contributed by atoms with E-state index in [2.05, 4.69) is 10.6 Å². The van der Waals surface area contributed by atoms with Crippen LogP contribution >= 0.6 is 0 Å². The van der Waals surface area contributed by atoms with Crippen molar-refractivity contribution in [1.82, 2.24) is 5.32 Å². The third kappa shape index (κ3) is 5.47. The van der Waals surface area contributed by atoms with Crippen molar-refractivity contribution in [3.05, 3.63) is 54.1 Å². The number of rotatable bonds is 6. The van der Waals surface area contributed by atoms with Crippen LogP contribution in [0, 0.1) is 12.8 Å². The third-order valence-electron chi connectivity index (χ3n) is 4.63. The van der Waals surface area contributed by atoms with E-state index in [0.29, 0.717) is 37.5 Å². The normalized spacial score (nSPS) is 15.5. The van der Waals surface area contributed by atoms with Crippen molar-refractivity contribution in [1.29, 1.82) is 0 Å². The standard InChI is InChI=1S/C21H24N2O5/c1-14-3-2-4-18(13-14)28-17-7-5-16(6-8-17)22-21(26)23-19(20(24)25)15-9-11-27-12-10-15/h2-8,13,15,19H,9-12H2,1H3,(H,24,25)(H2,22,23,26). The minimum atomic E-state index is -1.04. The van der Waals surface area contributed by atoms with Crippen LogP contribution < -0.4 is 15.4 Å². The molecule has 1 aliphatic rings. The number of hydrogen-bond donors (Lipinski definition) is 3. The number of aliphatic carboxylic acids is 1. The SMILES string of the molecule is Cc1cccc(Oc2ccc(NC(=O)NC(C(=O)O)C3CCOCC3)cc2)c1. The highest BCUT2D eigenvalue weighted by Gasteiger charge is 2.31. The lowest BCUT2D eigenvalue weighted by Crippen LogP contribution is -2.48. The van der Waals surface area contributed by atoms with Gasteiger partial charge < -0.3 is 25.2 Å². The molecule has 148 valence electrons. The van der Waals surface area contributed by atoms with Gasteiger partial charge in [-0.25, -0.2) is 9.59 Å². The fourth-order valence-electron chi connectivity index (χ4n) is 3.16. The van der Waals surface area contributed by atoms with Gasteiger partial charge in [-0.15, -0.1) is 0 Å². The van der Waals surface area contributed by atoms with Crippen LogP contribution in [0.1, 0.15) is 18.4 Å². The molecule has 0 saturated carbocycles. The fraction of sp³-hybridized carbons (Fsp3) is 0.333. The topological polar surface area (TPSA) is 96.9 Å². The van der Waals surface area contributed by atoms with Crippen molar-refractivity contribution >= 4 is 17.7 Å². The first-order valence-corrected chi connectivity index (χ1v) is 9.24. The Kier molecular flexibility index (Phi) is 6.49. The highest BCUT2D eigenvalue weighted by atomic mass is 16.5. The Morgan fingerprint density at radius 1 is 1.11 bits per heavy atom. The summed E-state index contributed by atoms with van der Waals surface area (Å²) in [6, 6.07) is 13.1. The van der Waals surface area contributed by atoms with E-state index in [-0.39, 0.29) is 5.92 Å². The molecule has 28 heavy (non-hydrogen) atoms. The molecule has 0 aromatic heterocycles. The van der Waals surface area contributed by atoms with Gasteiger partial charge >= 0.3 is 12.0 Å². The molecule has 1 heterocycles.